The number of aromatic nitrogens is 2. The summed E-state index contributed by atoms with van der Waals surface area (Å²) in [5.74, 6) is 1.47. The van der Waals surface area contributed by atoms with Crippen LogP contribution in [-0.4, -0.2) is 40.7 Å². The second kappa shape index (κ2) is 7.02. The molecule has 2 heterocycles. The molecule has 118 valence electrons. The number of carbonyl (C=O) groups excluding carboxylic acids is 1. The second-order valence-electron chi connectivity index (χ2n) is 5.91. The third-order valence-corrected chi connectivity index (χ3v) is 3.95. The van der Waals surface area contributed by atoms with Gasteiger partial charge in [0.25, 0.3) is 0 Å². The molecule has 0 aromatic carbocycles. The molecule has 1 aromatic heterocycles. The zero-order chi connectivity index (χ0) is 15.4. The molecule has 6 nitrogen and oxygen atoms in total. The van der Waals surface area contributed by atoms with Crippen molar-refractivity contribution in [1.29, 1.82) is 0 Å². The lowest BCUT2D eigenvalue weighted by Gasteiger charge is -2.34. The molecule has 0 N–H and O–H groups in total. The number of carbonyl (C=O) groups is 1. The lowest BCUT2D eigenvalue weighted by Crippen LogP contribution is -2.40. The second-order valence-corrected chi connectivity index (χ2v) is 5.91. The van der Waals surface area contributed by atoms with Crippen molar-refractivity contribution in [2.75, 3.05) is 19.7 Å². The Morgan fingerprint density at radius 2 is 2.24 bits per heavy atom. The average Bonchev–Trinajstić information content (AvgIpc) is 2.97. The maximum atomic E-state index is 11.9. The fourth-order valence-corrected chi connectivity index (χ4v) is 2.62. The Hall–Kier alpha value is -1.43. The molecule has 0 amide bonds. The molecule has 1 saturated heterocycles. The number of likely N-dealkylation sites (tertiary alicyclic amines) is 1. The quantitative estimate of drug-likeness (QED) is 0.778. The summed E-state index contributed by atoms with van der Waals surface area (Å²) in [6.45, 7) is 10.0. The molecular weight excluding hydrogens is 270 g/mol. The summed E-state index contributed by atoms with van der Waals surface area (Å²) in [4.78, 5) is 18.6. The van der Waals surface area contributed by atoms with Gasteiger partial charge in [0.15, 0.2) is 5.82 Å². The van der Waals surface area contributed by atoms with Crippen LogP contribution in [-0.2, 0) is 9.53 Å². The van der Waals surface area contributed by atoms with Crippen molar-refractivity contribution in [3.8, 4) is 0 Å². The molecular formula is C15H25N3O3. The topological polar surface area (TPSA) is 68.5 Å². The minimum absolute atomic E-state index is 0.0298. The monoisotopic (exact) mass is 295 g/mol. The largest absolute Gasteiger partial charge is 0.466 e. The Morgan fingerprint density at radius 3 is 2.86 bits per heavy atom. The van der Waals surface area contributed by atoms with Gasteiger partial charge in [-0.2, -0.15) is 4.98 Å². The molecule has 0 spiro atoms. The van der Waals surface area contributed by atoms with E-state index in [4.69, 9.17) is 9.26 Å². The molecule has 0 unspecified atom stereocenters. The summed E-state index contributed by atoms with van der Waals surface area (Å²) in [6.07, 6.45) is 1.88. The van der Waals surface area contributed by atoms with E-state index >= 15 is 0 Å². The average molecular weight is 295 g/mol. The molecule has 1 aromatic rings. The van der Waals surface area contributed by atoms with E-state index in [1.165, 1.54) is 0 Å². The van der Waals surface area contributed by atoms with Gasteiger partial charge >= 0.3 is 5.97 Å². The Bertz CT molecular complexity index is 472. The maximum absolute atomic E-state index is 11.9. The van der Waals surface area contributed by atoms with Gasteiger partial charge in [0.1, 0.15) is 0 Å². The standard InChI is InChI=1S/C15H25N3O3/c1-5-20-15(19)12-7-6-8-18(9-12)11(4)14-16-13(10(2)3)17-21-14/h10-12H,5-9H2,1-4H3/t11-,12-/m0/s1. The molecule has 6 heteroatoms. The van der Waals surface area contributed by atoms with Gasteiger partial charge in [-0.1, -0.05) is 19.0 Å². The predicted molar refractivity (Wildman–Crippen MR) is 77.7 cm³/mol. The van der Waals surface area contributed by atoms with E-state index in [-0.39, 0.29) is 23.8 Å². The summed E-state index contributed by atoms with van der Waals surface area (Å²) in [7, 11) is 0. The molecule has 0 bridgehead atoms. The number of hydrogen-bond donors (Lipinski definition) is 0. The first-order valence-corrected chi connectivity index (χ1v) is 7.77. The van der Waals surface area contributed by atoms with Crippen LogP contribution in [0.4, 0.5) is 0 Å². The first-order valence-electron chi connectivity index (χ1n) is 7.77. The molecule has 1 fully saturated rings. The summed E-state index contributed by atoms with van der Waals surface area (Å²) in [5.41, 5.74) is 0. The molecule has 1 aliphatic heterocycles. The van der Waals surface area contributed by atoms with Gasteiger partial charge < -0.3 is 9.26 Å². The van der Waals surface area contributed by atoms with Crippen molar-refractivity contribution >= 4 is 5.97 Å². The number of hydrogen-bond acceptors (Lipinski definition) is 6. The minimum Gasteiger partial charge on any atom is -0.466 e. The summed E-state index contributed by atoms with van der Waals surface area (Å²) >= 11 is 0. The Labute approximate surface area is 125 Å². The van der Waals surface area contributed by atoms with Crippen molar-refractivity contribution in [1.82, 2.24) is 15.0 Å². The van der Waals surface area contributed by atoms with Gasteiger partial charge in [0, 0.05) is 12.5 Å². The van der Waals surface area contributed by atoms with Crippen LogP contribution in [0.25, 0.3) is 0 Å². The zero-order valence-electron chi connectivity index (χ0n) is 13.3. The Morgan fingerprint density at radius 1 is 1.48 bits per heavy atom. The van der Waals surface area contributed by atoms with Gasteiger partial charge in [-0.05, 0) is 33.2 Å². The Balaban J connectivity index is 2.01. The van der Waals surface area contributed by atoms with Gasteiger partial charge in [-0.3, -0.25) is 9.69 Å². The van der Waals surface area contributed by atoms with Crippen LogP contribution in [0, 0.1) is 5.92 Å². The van der Waals surface area contributed by atoms with E-state index in [9.17, 15) is 4.79 Å². The van der Waals surface area contributed by atoms with Crippen LogP contribution in [0.1, 0.15) is 64.2 Å². The first-order chi connectivity index (χ1) is 10.0. The summed E-state index contributed by atoms with van der Waals surface area (Å²) in [5, 5.41) is 4.01. The third-order valence-electron chi connectivity index (χ3n) is 3.95. The van der Waals surface area contributed by atoms with Crippen LogP contribution in [0.2, 0.25) is 0 Å². The Kier molecular flexibility index (Phi) is 5.33. The SMILES string of the molecule is CCOC(=O)[C@H]1CCCN([C@@H](C)c2nc(C(C)C)no2)C1. The lowest BCUT2D eigenvalue weighted by molar-refractivity contribution is -0.150. The molecule has 2 atom stereocenters. The minimum atomic E-state index is -0.0946. The van der Waals surface area contributed by atoms with E-state index in [0.29, 0.717) is 19.0 Å². The van der Waals surface area contributed by atoms with E-state index in [0.717, 1.165) is 25.2 Å². The molecule has 21 heavy (non-hydrogen) atoms. The summed E-state index contributed by atoms with van der Waals surface area (Å²) in [6, 6.07) is 0.0298. The molecule has 0 radical (unpaired) electrons. The van der Waals surface area contributed by atoms with Crippen molar-refractivity contribution in [3.63, 3.8) is 0 Å². The highest BCUT2D eigenvalue weighted by molar-refractivity contribution is 5.72. The van der Waals surface area contributed by atoms with Crippen LogP contribution < -0.4 is 0 Å². The number of ether oxygens (including phenoxy) is 1. The van der Waals surface area contributed by atoms with Crippen LogP contribution >= 0.6 is 0 Å². The van der Waals surface area contributed by atoms with Gasteiger partial charge in [-0.25, -0.2) is 0 Å². The van der Waals surface area contributed by atoms with Crippen molar-refractivity contribution in [2.24, 2.45) is 5.92 Å². The zero-order valence-corrected chi connectivity index (χ0v) is 13.3. The number of nitrogens with zero attached hydrogens (tertiary/aromatic N) is 3. The van der Waals surface area contributed by atoms with E-state index in [2.05, 4.69) is 15.0 Å². The highest BCUT2D eigenvalue weighted by atomic mass is 16.5. The highest BCUT2D eigenvalue weighted by Gasteiger charge is 2.31. The fraction of sp³-hybridized carbons (Fsp3) is 0.800. The maximum Gasteiger partial charge on any atom is 0.310 e. The normalized spacial score (nSPS) is 21.5. The van der Waals surface area contributed by atoms with E-state index in [1.54, 1.807) is 0 Å². The highest BCUT2D eigenvalue weighted by Crippen LogP contribution is 2.27. The number of piperidine rings is 1. The van der Waals surface area contributed by atoms with Gasteiger partial charge in [-0.15, -0.1) is 0 Å². The fourth-order valence-electron chi connectivity index (χ4n) is 2.62. The van der Waals surface area contributed by atoms with Crippen LogP contribution in [0.5, 0.6) is 0 Å². The number of rotatable bonds is 5. The predicted octanol–water partition coefficient (Wildman–Crippen LogP) is 2.53. The van der Waals surface area contributed by atoms with Crippen molar-refractivity contribution in [3.05, 3.63) is 11.7 Å². The van der Waals surface area contributed by atoms with Crippen LogP contribution in [0.15, 0.2) is 4.52 Å². The van der Waals surface area contributed by atoms with Crippen molar-refractivity contribution in [2.45, 2.75) is 52.5 Å². The third kappa shape index (κ3) is 3.81. The first kappa shape index (κ1) is 15.9. The number of esters is 1. The van der Waals surface area contributed by atoms with E-state index < -0.39 is 0 Å². The molecule has 2 rings (SSSR count). The lowest BCUT2D eigenvalue weighted by atomic mass is 9.97. The van der Waals surface area contributed by atoms with Gasteiger partial charge in [0.05, 0.1) is 18.6 Å². The van der Waals surface area contributed by atoms with Crippen LogP contribution in [0.3, 0.4) is 0 Å². The molecule has 0 saturated carbocycles. The molecule has 1 aliphatic rings. The smallest absolute Gasteiger partial charge is 0.310 e. The molecule has 0 aliphatic carbocycles. The van der Waals surface area contributed by atoms with E-state index in [1.807, 2.05) is 27.7 Å². The van der Waals surface area contributed by atoms with Crippen molar-refractivity contribution < 1.29 is 14.1 Å². The summed E-state index contributed by atoms with van der Waals surface area (Å²) < 4.78 is 10.5. The van der Waals surface area contributed by atoms with Gasteiger partial charge in [0.2, 0.25) is 5.89 Å².